The Morgan fingerprint density at radius 2 is 1.97 bits per heavy atom. The molecule has 0 radical (unpaired) electrons. The van der Waals surface area contributed by atoms with E-state index in [0.29, 0.717) is 23.2 Å². The monoisotopic (exact) mass is 432 g/mol. The summed E-state index contributed by atoms with van der Waals surface area (Å²) in [4.78, 5) is 21.5. The molecule has 1 amide bonds. The van der Waals surface area contributed by atoms with Crippen LogP contribution in [0.15, 0.2) is 60.1 Å². The summed E-state index contributed by atoms with van der Waals surface area (Å²) in [5, 5.41) is 5.38. The fraction of sp³-hybridized carbons (Fsp3) is 0.208. The Morgan fingerprint density at radius 3 is 2.74 bits per heavy atom. The van der Waals surface area contributed by atoms with E-state index in [1.165, 1.54) is 22.6 Å². The van der Waals surface area contributed by atoms with E-state index in [0.717, 1.165) is 23.5 Å². The molecule has 0 saturated heterocycles. The first-order chi connectivity index (χ1) is 15.1. The Labute approximate surface area is 185 Å². The molecule has 0 spiro atoms. The summed E-state index contributed by atoms with van der Waals surface area (Å²) in [5.74, 6) is 0.0377. The highest BCUT2D eigenvalue weighted by molar-refractivity contribution is 7.14. The van der Waals surface area contributed by atoms with Crippen LogP contribution >= 0.6 is 11.3 Å². The molecular weight excluding hydrogens is 408 g/mol. The predicted octanol–water partition coefficient (Wildman–Crippen LogP) is 5.32. The van der Waals surface area contributed by atoms with Crippen molar-refractivity contribution in [2.24, 2.45) is 0 Å². The van der Waals surface area contributed by atoms with Crippen molar-refractivity contribution in [3.63, 3.8) is 0 Å². The van der Waals surface area contributed by atoms with Crippen LogP contribution in [-0.2, 0) is 6.54 Å². The molecule has 4 rings (SSSR count). The third-order valence-electron chi connectivity index (χ3n) is 5.05. The average molecular weight is 433 g/mol. The first-order valence-electron chi connectivity index (χ1n) is 10.1. The van der Waals surface area contributed by atoms with Gasteiger partial charge in [-0.25, -0.2) is 9.97 Å². The van der Waals surface area contributed by atoms with Crippen LogP contribution in [0.4, 0.5) is 5.13 Å². The molecule has 0 saturated carbocycles. The van der Waals surface area contributed by atoms with Crippen molar-refractivity contribution < 1.29 is 9.53 Å². The number of thiazole rings is 1. The summed E-state index contributed by atoms with van der Waals surface area (Å²) < 4.78 is 7.74. The van der Waals surface area contributed by atoms with E-state index in [-0.39, 0.29) is 5.91 Å². The highest BCUT2D eigenvalue weighted by Gasteiger charge is 2.17. The molecule has 0 aliphatic rings. The van der Waals surface area contributed by atoms with Crippen LogP contribution < -0.4 is 10.1 Å². The van der Waals surface area contributed by atoms with Crippen LogP contribution in [0.5, 0.6) is 5.88 Å². The lowest BCUT2D eigenvalue weighted by molar-refractivity contribution is 0.102. The van der Waals surface area contributed by atoms with Gasteiger partial charge in [-0.15, -0.1) is 11.3 Å². The fourth-order valence-electron chi connectivity index (χ4n) is 3.50. The largest absolute Gasteiger partial charge is 0.477 e. The van der Waals surface area contributed by atoms with Gasteiger partial charge in [0.05, 0.1) is 12.3 Å². The van der Waals surface area contributed by atoms with Gasteiger partial charge in [0.1, 0.15) is 5.56 Å². The summed E-state index contributed by atoms with van der Waals surface area (Å²) in [7, 11) is 0. The smallest absolute Gasteiger partial charge is 0.262 e. The molecule has 0 fully saturated rings. The van der Waals surface area contributed by atoms with Crippen LogP contribution in [0, 0.1) is 13.8 Å². The number of anilines is 1. The van der Waals surface area contributed by atoms with Gasteiger partial charge in [0.2, 0.25) is 5.88 Å². The van der Waals surface area contributed by atoms with Gasteiger partial charge in [-0.3, -0.25) is 10.1 Å². The maximum Gasteiger partial charge on any atom is 0.262 e. The van der Waals surface area contributed by atoms with E-state index in [2.05, 4.69) is 64.0 Å². The molecule has 158 valence electrons. The lowest BCUT2D eigenvalue weighted by atomic mass is 10.2. The maximum atomic E-state index is 12.7. The molecule has 31 heavy (non-hydrogen) atoms. The number of carbonyl (C=O) groups excluding carboxylic acids is 1. The second kappa shape index (κ2) is 9.14. The van der Waals surface area contributed by atoms with Crippen LogP contribution in [0.25, 0.3) is 11.3 Å². The van der Waals surface area contributed by atoms with Gasteiger partial charge in [0.25, 0.3) is 5.91 Å². The Kier molecular flexibility index (Phi) is 6.13. The van der Waals surface area contributed by atoms with Gasteiger partial charge < -0.3 is 9.30 Å². The quantitative estimate of drug-likeness (QED) is 0.429. The number of pyridine rings is 1. The normalized spacial score (nSPS) is 10.8. The van der Waals surface area contributed by atoms with Gasteiger partial charge in [-0.1, -0.05) is 30.3 Å². The fourth-order valence-corrected chi connectivity index (χ4v) is 4.21. The zero-order valence-electron chi connectivity index (χ0n) is 17.8. The number of benzene rings is 1. The number of ether oxygens (including phenoxy) is 1. The van der Waals surface area contributed by atoms with E-state index in [9.17, 15) is 4.79 Å². The van der Waals surface area contributed by atoms with E-state index in [1.807, 2.05) is 18.4 Å². The lowest BCUT2D eigenvalue weighted by Crippen LogP contribution is -2.14. The second-order valence-electron chi connectivity index (χ2n) is 7.14. The van der Waals surface area contributed by atoms with Gasteiger partial charge in [-0.2, -0.15) is 0 Å². The number of aromatic nitrogens is 3. The highest BCUT2D eigenvalue weighted by atomic mass is 32.1. The van der Waals surface area contributed by atoms with Gasteiger partial charge in [0.15, 0.2) is 5.13 Å². The third kappa shape index (κ3) is 4.51. The second-order valence-corrected chi connectivity index (χ2v) is 8.00. The molecule has 3 heterocycles. The van der Waals surface area contributed by atoms with Crippen LogP contribution in [0.3, 0.4) is 0 Å². The van der Waals surface area contributed by atoms with Gasteiger partial charge in [0, 0.05) is 35.1 Å². The van der Waals surface area contributed by atoms with Crippen LogP contribution in [0.2, 0.25) is 0 Å². The van der Waals surface area contributed by atoms with Crippen molar-refractivity contribution in [2.45, 2.75) is 27.3 Å². The number of hydrogen-bond donors (Lipinski definition) is 1. The van der Waals surface area contributed by atoms with Crippen molar-refractivity contribution in [1.82, 2.24) is 14.5 Å². The molecule has 0 unspecified atom stereocenters. The predicted molar refractivity (Wildman–Crippen MR) is 124 cm³/mol. The van der Waals surface area contributed by atoms with E-state index >= 15 is 0 Å². The zero-order chi connectivity index (χ0) is 21.8. The summed E-state index contributed by atoms with van der Waals surface area (Å²) in [6.07, 6.45) is 1.61. The minimum Gasteiger partial charge on any atom is -0.477 e. The summed E-state index contributed by atoms with van der Waals surface area (Å²) >= 11 is 1.40. The lowest BCUT2D eigenvalue weighted by Gasteiger charge is -2.09. The zero-order valence-corrected chi connectivity index (χ0v) is 18.6. The molecular formula is C24H24N4O2S. The minimum absolute atomic E-state index is 0.285. The van der Waals surface area contributed by atoms with Crippen LogP contribution in [0.1, 0.15) is 34.2 Å². The molecule has 4 aromatic rings. The first kappa shape index (κ1) is 20.8. The number of aryl methyl sites for hydroxylation is 1. The topological polar surface area (TPSA) is 69.0 Å². The Hall–Kier alpha value is -3.45. The molecule has 6 nitrogen and oxygen atoms in total. The first-order valence-corrected chi connectivity index (χ1v) is 11.0. The van der Waals surface area contributed by atoms with E-state index in [1.54, 1.807) is 18.3 Å². The van der Waals surface area contributed by atoms with Gasteiger partial charge >= 0.3 is 0 Å². The van der Waals surface area contributed by atoms with Crippen molar-refractivity contribution >= 4 is 22.4 Å². The van der Waals surface area contributed by atoms with E-state index in [4.69, 9.17) is 4.74 Å². The SMILES string of the molecule is CCOc1ncccc1C(=O)Nc1nc(-c2cc(C)n(Cc3ccccc3)c2C)cs1. The number of nitrogens with one attached hydrogen (secondary N) is 1. The Bertz CT molecular complexity index is 1200. The van der Waals surface area contributed by atoms with Crippen molar-refractivity contribution in [3.8, 4) is 17.1 Å². The number of amides is 1. The number of carbonyl (C=O) groups is 1. The molecule has 3 aromatic heterocycles. The Balaban J connectivity index is 1.54. The number of hydrogen-bond acceptors (Lipinski definition) is 5. The Morgan fingerprint density at radius 1 is 1.16 bits per heavy atom. The highest BCUT2D eigenvalue weighted by Crippen LogP contribution is 2.31. The maximum absolute atomic E-state index is 12.7. The minimum atomic E-state index is -0.285. The van der Waals surface area contributed by atoms with Crippen molar-refractivity contribution in [2.75, 3.05) is 11.9 Å². The molecule has 7 heteroatoms. The molecule has 0 atom stereocenters. The molecule has 1 aromatic carbocycles. The summed E-state index contributed by atoms with van der Waals surface area (Å²) in [5.41, 5.74) is 5.89. The van der Waals surface area contributed by atoms with Crippen LogP contribution in [-0.4, -0.2) is 27.0 Å². The standard InChI is InChI=1S/C24H24N4O2S/c1-4-30-23-19(11-8-12-25-23)22(29)27-24-26-21(15-31-24)20-13-16(2)28(17(20)3)14-18-9-6-5-7-10-18/h5-13,15H,4,14H2,1-3H3,(H,26,27,29). The van der Waals surface area contributed by atoms with Crippen molar-refractivity contribution in [1.29, 1.82) is 0 Å². The number of rotatable bonds is 7. The van der Waals surface area contributed by atoms with E-state index < -0.39 is 0 Å². The molecule has 0 aliphatic heterocycles. The molecule has 1 N–H and O–H groups in total. The molecule has 0 aliphatic carbocycles. The van der Waals surface area contributed by atoms with Gasteiger partial charge in [-0.05, 0) is 44.5 Å². The summed E-state index contributed by atoms with van der Waals surface area (Å²) in [6.45, 7) is 7.32. The average Bonchev–Trinajstić information content (AvgIpc) is 3.34. The molecule has 0 bridgehead atoms. The van der Waals surface area contributed by atoms with Crippen molar-refractivity contribution in [3.05, 3.63) is 82.6 Å². The third-order valence-corrected chi connectivity index (χ3v) is 5.81. The summed E-state index contributed by atoms with van der Waals surface area (Å²) in [6, 6.07) is 15.9. The number of nitrogens with zero attached hydrogens (tertiary/aromatic N) is 3.